The second-order valence-electron chi connectivity index (χ2n) is 1.25. The van der Waals surface area contributed by atoms with Crippen molar-refractivity contribution in [3.8, 4) is 0 Å². The Balaban J connectivity index is 0.000000360. The zero-order chi connectivity index (χ0) is 4.41. The van der Waals surface area contributed by atoms with Gasteiger partial charge in [-0.15, -0.1) is 12.4 Å². The van der Waals surface area contributed by atoms with E-state index in [2.05, 4.69) is 6.20 Å². The molecule has 0 unspecified atom stereocenters. The molecule has 0 aliphatic heterocycles. The molecule has 0 aliphatic rings. The minimum Gasteiger partial charge on any atom is -0.473 e. The molecule has 0 aromatic carbocycles. The summed E-state index contributed by atoms with van der Waals surface area (Å²) in [5.74, 6) is 0. The molecule has 1 rings (SSSR count). The zero-order valence-corrected chi connectivity index (χ0v) is 5.14. The Morgan fingerprint density at radius 1 is 1.57 bits per heavy atom. The van der Waals surface area contributed by atoms with E-state index in [4.69, 9.17) is 0 Å². The number of aromatic nitrogens is 1. The molecule has 0 spiro atoms. The third-order valence-electron chi connectivity index (χ3n) is 0.684. The van der Waals surface area contributed by atoms with Crippen molar-refractivity contribution in [2.45, 2.75) is 0 Å². The van der Waals surface area contributed by atoms with Gasteiger partial charge in [-0.25, -0.2) is 0 Å². The van der Waals surface area contributed by atoms with Crippen molar-refractivity contribution < 1.29 is 17.1 Å². The Bertz CT molecular complexity index is 112. The van der Waals surface area contributed by atoms with Gasteiger partial charge < -0.3 is 4.57 Å². The number of rotatable bonds is 0. The maximum absolute atomic E-state index is 2.92. The van der Waals surface area contributed by atoms with Crippen molar-refractivity contribution in [3.05, 3.63) is 24.5 Å². The minimum atomic E-state index is 0. The molecule has 0 atom stereocenters. The molecule has 1 heterocycles. The molecule has 0 amide bonds. The minimum absolute atomic E-state index is 0. The first-order valence-corrected chi connectivity index (χ1v) is 1.88. The van der Waals surface area contributed by atoms with E-state index >= 15 is 0 Å². The van der Waals surface area contributed by atoms with Crippen LogP contribution >= 0.6 is 0 Å². The molecular weight excluding hydrogens is 130 g/mol. The van der Waals surface area contributed by atoms with Crippen LogP contribution < -0.4 is 0 Å². The monoisotopic (exact) mass is 136 g/mol. The van der Waals surface area contributed by atoms with Gasteiger partial charge in [0, 0.05) is 17.1 Å². The SMILES string of the molecule is Cn1[c-]ccc1.[Fe]. The third kappa shape index (κ3) is 1.81. The summed E-state index contributed by atoms with van der Waals surface area (Å²) in [7, 11) is 1.94. The Morgan fingerprint density at radius 2 is 2.29 bits per heavy atom. The predicted molar refractivity (Wildman–Crippen MR) is 24.2 cm³/mol. The molecule has 40 valence electrons. The summed E-state index contributed by atoms with van der Waals surface area (Å²) >= 11 is 0. The molecular formula is C5H6FeN-. The fourth-order valence-corrected chi connectivity index (χ4v) is 0.376. The topological polar surface area (TPSA) is 4.93 Å². The van der Waals surface area contributed by atoms with E-state index in [1.165, 1.54) is 0 Å². The third-order valence-corrected chi connectivity index (χ3v) is 0.684. The fourth-order valence-electron chi connectivity index (χ4n) is 0.376. The van der Waals surface area contributed by atoms with Crippen LogP contribution in [-0.2, 0) is 24.1 Å². The second kappa shape index (κ2) is 2.89. The first-order valence-electron chi connectivity index (χ1n) is 1.88. The average molecular weight is 136 g/mol. The van der Waals surface area contributed by atoms with Gasteiger partial charge in [0.15, 0.2) is 0 Å². The second-order valence-corrected chi connectivity index (χ2v) is 1.25. The first kappa shape index (κ1) is 6.80. The molecule has 0 saturated heterocycles. The van der Waals surface area contributed by atoms with Crippen molar-refractivity contribution in [3.63, 3.8) is 0 Å². The van der Waals surface area contributed by atoms with Gasteiger partial charge in [-0.1, -0.05) is 0 Å². The van der Waals surface area contributed by atoms with Crippen LogP contribution in [0.2, 0.25) is 0 Å². The number of nitrogens with zero attached hydrogens (tertiary/aromatic N) is 1. The average Bonchev–Trinajstić information content (AvgIpc) is 1.86. The van der Waals surface area contributed by atoms with Gasteiger partial charge in [-0.3, -0.25) is 0 Å². The summed E-state index contributed by atoms with van der Waals surface area (Å²) in [4.78, 5) is 0. The first-order chi connectivity index (χ1) is 2.89. The van der Waals surface area contributed by atoms with Crippen LogP contribution in [0.1, 0.15) is 0 Å². The van der Waals surface area contributed by atoms with Gasteiger partial charge in [-0.05, 0) is 7.05 Å². The predicted octanol–water partition coefficient (Wildman–Crippen LogP) is 0.823. The van der Waals surface area contributed by atoms with Gasteiger partial charge in [0.25, 0.3) is 0 Å². The van der Waals surface area contributed by atoms with Gasteiger partial charge >= 0.3 is 0 Å². The number of hydrogen-bond donors (Lipinski definition) is 0. The van der Waals surface area contributed by atoms with Gasteiger partial charge in [0.05, 0.1) is 0 Å². The van der Waals surface area contributed by atoms with E-state index in [0.29, 0.717) is 0 Å². The van der Waals surface area contributed by atoms with E-state index in [1.54, 1.807) is 0 Å². The van der Waals surface area contributed by atoms with Crippen molar-refractivity contribution in [2.75, 3.05) is 0 Å². The Morgan fingerprint density at radius 3 is 2.43 bits per heavy atom. The van der Waals surface area contributed by atoms with Gasteiger partial charge in [0.1, 0.15) is 0 Å². The Labute approximate surface area is 53.8 Å². The van der Waals surface area contributed by atoms with Crippen molar-refractivity contribution in [2.24, 2.45) is 7.05 Å². The molecule has 2 heteroatoms. The number of aryl methyl sites for hydroxylation is 1. The Kier molecular flexibility index (Phi) is 2.81. The van der Waals surface area contributed by atoms with Gasteiger partial charge in [-0.2, -0.15) is 12.1 Å². The maximum atomic E-state index is 2.92. The molecule has 0 saturated carbocycles. The molecule has 0 fully saturated rings. The van der Waals surface area contributed by atoms with Crippen molar-refractivity contribution in [1.82, 2.24) is 4.57 Å². The number of hydrogen-bond acceptors (Lipinski definition) is 0. The van der Waals surface area contributed by atoms with Crippen molar-refractivity contribution >= 4 is 0 Å². The molecule has 0 radical (unpaired) electrons. The van der Waals surface area contributed by atoms with Crippen LogP contribution in [0.5, 0.6) is 0 Å². The van der Waals surface area contributed by atoms with Crippen LogP contribution in [-0.4, -0.2) is 4.57 Å². The fraction of sp³-hybridized carbons (Fsp3) is 0.200. The van der Waals surface area contributed by atoms with Crippen LogP contribution in [0.3, 0.4) is 0 Å². The van der Waals surface area contributed by atoms with Crippen molar-refractivity contribution in [1.29, 1.82) is 0 Å². The molecule has 0 aliphatic carbocycles. The standard InChI is InChI=1S/C5H6N.Fe/c1-6-4-2-3-5-6;/h2-4H,1H3;/q-1;. The summed E-state index contributed by atoms with van der Waals surface area (Å²) in [6, 6.07) is 3.82. The van der Waals surface area contributed by atoms with E-state index in [1.807, 2.05) is 29.9 Å². The summed E-state index contributed by atoms with van der Waals surface area (Å²) in [5, 5.41) is 0. The van der Waals surface area contributed by atoms with E-state index in [0.717, 1.165) is 0 Å². The summed E-state index contributed by atoms with van der Waals surface area (Å²) in [6.07, 6.45) is 4.86. The molecule has 7 heavy (non-hydrogen) atoms. The summed E-state index contributed by atoms with van der Waals surface area (Å²) in [6.45, 7) is 0. The van der Waals surface area contributed by atoms with Crippen LogP contribution in [0.25, 0.3) is 0 Å². The van der Waals surface area contributed by atoms with Gasteiger partial charge in [0.2, 0.25) is 0 Å². The van der Waals surface area contributed by atoms with E-state index in [-0.39, 0.29) is 17.1 Å². The zero-order valence-electron chi connectivity index (χ0n) is 4.03. The van der Waals surface area contributed by atoms with Crippen LogP contribution in [0.4, 0.5) is 0 Å². The molecule has 1 aromatic heterocycles. The smallest absolute Gasteiger partial charge is 0 e. The summed E-state index contributed by atoms with van der Waals surface area (Å²) in [5.41, 5.74) is 0. The Hall–Kier alpha value is -0.201. The molecule has 0 bridgehead atoms. The largest absolute Gasteiger partial charge is 0.473 e. The summed E-state index contributed by atoms with van der Waals surface area (Å²) < 4.78 is 1.88. The van der Waals surface area contributed by atoms with Crippen LogP contribution in [0.15, 0.2) is 18.3 Å². The quantitative estimate of drug-likeness (QED) is 0.367. The van der Waals surface area contributed by atoms with Crippen LogP contribution in [0, 0.1) is 6.20 Å². The maximum Gasteiger partial charge on any atom is 0 e. The molecule has 1 aromatic rings. The molecule has 0 N–H and O–H groups in total. The normalized spacial score (nSPS) is 7.57. The molecule has 1 nitrogen and oxygen atoms in total. The van der Waals surface area contributed by atoms with E-state index < -0.39 is 0 Å². The van der Waals surface area contributed by atoms with E-state index in [9.17, 15) is 0 Å².